The molecule has 0 radical (unpaired) electrons. The molecule has 0 saturated heterocycles. The number of alkyl halides is 2. The summed E-state index contributed by atoms with van der Waals surface area (Å²) >= 11 is 0. The lowest BCUT2D eigenvalue weighted by molar-refractivity contribution is -0.0497. The van der Waals surface area contributed by atoms with Crippen LogP contribution >= 0.6 is 0 Å². The third kappa shape index (κ3) is 4.62. The van der Waals surface area contributed by atoms with E-state index in [1.165, 1.54) is 0 Å². The lowest BCUT2D eigenvalue weighted by Crippen LogP contribution is -2.41. The molecule has 0 amide bonds. The van der Waals surface area contributed by atoms with Crippen molar-refractivity contribution in [2.75, 3.05) is 13.2 Å². The number of aliphatic hydroxyl groups is 1. The molecule has 2 nitrogen and oxygen atoms in total. The fourth-order valence-corrected chi connectivity index (χ4v) is 0.602. The zero-order valence-corrected chi connectivity index (χ0v) is 7.77. The molecule has 0 aromatic rings. The van der Waals surface area contributed by atoms with Crippen molar-refractivity contribution in [3.63, 3.8) is 0 Å². The molecule has 1 unspecified atom stereocenters. The number of nitrogens with one attached hydrogen (secondary N) is 1. The van der Waals surface area contributed by atoms with Gasteiger partial charge in [0, 0.05) is 6.04 Å². The minimum absolute atomic E-state index is 0.0439. The van der Waals surface area contributed by atoms with Crippen LogP contribution in [0.4, 0.5) is 8.78 Å². The molecule has 0 aliphatic heterocycles. The fraction of sp³-hybridized carbons (Fsp3) is 1.00. The van der Waals surface area contributed by atoms with Gasteiger partial charge < -0.3 is 10.4 Å². The Morgan fingerprint density at radius 3 is 2.17 bits per heavy atom. The number of halogens is 2. The van der Waals surface area contributed by atoms with E-state index in [9.17, 15) is 8.78 Å². The highest BCUT2D eigenvalue weighted by Crippen LogP contribution is 2.11. The maximum Gasteiger partial charge on any atom is 0.282 e. The molecule has 0 fully saturated rings. The summed E-state index contributed by atoms with van der Waals surface area (Å²) in [6, 6.07) is 0.0439. The summed E-state index contributed by atoms with van der Waals surface area (Å²) in [5.74, 6) is -2.68. The van der Waals surface area contributed by atoms with Crippen LogP contribution in [0.25, 0.3) is 0 Å². The third-order valence-corrected chi connectivity index (χ3v) is 1.91. The molecule has 0 aromatic carbocycles. The van der Waals surface area contributed by atoms with E-state index in [1.807, 2.05) is 20.8 Å². The van der Waals surface area contributed by atoms with E-state index in [-0.39, 0.29) is 6.04 Å². The highest BCUT2D eigenvalue weighted by atomic mass is 19.3. The van der Waals surface area contributed by atoms with Crippen LogP contribution in [0.15, 0.2) is 0 Å². The van der Waals surface area contributed by atoms with Gasteiger partial charge in [-0.15, -0.1) is 0 Å². The Hall–Kier alpha value is -0.220. The van der Waals surface area contributed by atoms with Crippen molar-refractivity contribution < 1.29 is 13.9 Å². The predicted octanol–water partition coefficient (Wildman–Crippen LogP) is 1.25. The molecular weight excluding hydrogens is 164 g/mol. The van der Waals surface area contributed by atoms with Gasteiger partial charge in [0.2, 0.25) is 0 Å². The molecule has 4 heteroatoms. The van der Waals surface area contributed by atoms with Crippen molar-refractivity contribution in [3.8, 4) is 0 Å². The zero-order valence-electron chi connectivity index (χ0n) is 7.77. The first-order chi connectivity index (χ1) is 5.39. The standard InChI is InChI=1S/C8H17F2NO/c1-6(2)7(3)11-4-8(9,10)5-12/h6-7,11-12H,4-5H2,1-3H3. The van der Waals surface area contributed by atoms with Gasteiger partial charge >= 0.3 is 0 Å². The van der Waals surface area contributed by atoms with E-state index in [1.54, 1.807) is 0 Å². The molecule has 0 aliphatic rings. The van der Waals surface area contributed by atoms with Crippen molar-refractivity contribution in [3.05, 3.63) is 0 Å². The summed E-state index contributed by atoms with van der Waals surface area (Å²) < 4.78 is 24.9. The maximum absolute atomic E-state index is 12.5. The highest BCUT2D eigenvalue weighted by Gasteiger charge is 2.27. The van der Waals surface area contributed by atoms with E-state index in [2.05, 4.69) is 5.32 Å². The van der Waals surface area contributed by atoms with Crippen LogP contribution in [0, 0.1) is 5.92 Å². The first kappa shape index (κ1) is 11.8. The minimum atomic E-state index is -3.00. The Kier molecular flexibility index (Phi) is 4.63. The van der Waals surface area contributed by atoms with Crippen molar-refractivity contribution in [2.45, 2.75) is 32.7 Å². The van der Waals surface area contributed by atoms with Gasteiger partial charge in [-0.25, -0.2) is 8.78 Å². The largest absolute Gasteiger partial charge is 0.390 e. The van der Waals surface area contributed by atoms with Crippen molar-refractivity contribution in [2.24, 2.45) is 5.92 Å². The van der Waals surface area contributed by atoms with E-state index in [0.717, 1.165) is 0 Å². The van der Waals surface area contributed by atoms with Gasteiger partial charge in [-0.1, -0.05) is 13.8 Å². The summed E-state index contributed by atoms with van der Waals surface area (Å²) in [5, 5.41) is 10.9. The van der Waals surface area contributed by atoms with E-state index < -0.39 is 19.1 Å². The second-order valence-electron chi connectivity index (χ2n) is 3.43. The molecular formula is C8H17F2NO. The normalized spacial score (nSPS) is 15.2. The molecule has 0 aromatic heterocycles. The number of rotatable bonds is 5. The van der Waals surface area contributed by atoms with Gasteiger partial charge in [0.05, 0.1) is 6.54 Å². The Labute approximate surface area is 72.0 Å². The number of hydrogen-bond acceptors (Lipinski definition) is 2. The van der Waals surface area contributed by atoms with E-state index >= 15 is 0 Å². The zero-order chi connectivity index (χ0) is 9.78. The summed E-state index contributed by atoms with van der Waals surface area (Å²) in [6.07, 6.45) is 0. The number of hydrogen-bond donors (Lipinski definition) is 2. The molecule has 0 saturated carbocycles. The smallest absolute Gasteiger partial charge is 0.282 e. The number of aliphatic hydroxyl groups excluding tert-OH is 1. The van der Waals surface area contributed by atoms with Crippen LogP contribution in [-0.2, 0) is 0 Å². The molecule has 0 heterocycles. The fourth-order valence-electron chi connectivity index (χ4n) is 0.602. The van der Waals surface area contributed by atoms with Gasteiger partial charge in [0.25, 0.3) is 5.92 Å². The summed E-state index contributed by atoms with van der Waals surface area (Å²) in [4.78, 5) is 0. The van der Waals surface area contributed by atoms with Crippen molar-refractivity contribution >= 4 is 0 Å². The van der Waals surface area contributed by atoms with Gasteiger partial charge in [0.1, 0.15) is 6.61 Å². The van der Waals surface area contributed by atoms with Crippen LogP contribution < -0.4 is 5.32 Å². The molecule has 0 spiro atoms. The average Bonchev–Trinajstić information content (AvgIpc) is 2.00. The van der Waals surface area contributed by atoms with Gasteiger partial charge in [-0.05, 0) is 12.8 Å². The van der Waals surface area contributed by atoms with Crippen molar-refractivity contribution in [1.82, 2.24) is 5.32 Å². The SMILES string of the molecule is CC(C)C(C)NCC(F)(F)CO. The Balaban J connectivity index is 3.67. The highest BCUT2D eigenvalue weighted by molar-refractivity contribution is 4.72. The predicted molar refractivity (Wildman–Crippen MR) is 44.3 cm³/mol. The van der Waals surface area contributed by atoms with Crippen LogP contribution in [0.3, 0.4) is 0 Å². The lowest BCUT2D eigenvalue weighted by Gasteiger charge is -2.21. The van der Waals surface area contributed by atoms with Crippen LogP contribution in [0.1, 0.15) is 20.8 Å². The topological polar surface area (TPSA) is 32.3 Å². The second-order valence-corrected chi connectivity index (χ2v) is 3.43. The summed E-state index contributed by atoms with van der Waals surface area (Å²) in [6.45, 7) is 4.20. The second kappa shape index (κ2) is 4.72. The first-order valence-corrected chi connectivity index (χ1v) is 4.11. The van der Waals surface area contributed by atoms with Crippen LogP contribution in [0.2, 0.25) is 0 Å². The van der Waals surface area contributed by atoms with Crippen molar-refractivity contribution in [1.29, 1.82) is 0 Å². The molecule has 0 rings (SSSR count). The molecule has 0 aliphatic carbocycles. The maximum atomic E-state index is 12.5. The minimum Gasteiger partial charge on any atom is -0.390 e. The van der Waals surface area contributed by atoms with Gasteiger partial charge in [-0.3, -0.25) is 0 Å². The average molecular weight is 181 g/mol. The van der Waals surface area contributed by atoms with Gasteiger partial charge in [-0.2, -0.15) is 0 Å². The molecule has 0 bridgehead atoms. The molecule has 1 atom stereocenters. The van der Waals surface area contributed by atoms with Crippen LogP contribution in [0.5, 0.6) is 0 Å². The quantitative estimate of drug-likeness (QED) is 0.669. The molecule has 12 heavy (non-hydrogen) atoms. The molecule has 74 valence electrons. The Bertz CT molecular complexity index is 128. The summed E-state index contributed by atoms with van der Waals surface area (Å²) in [5.41, 5.74) is 0. The van der Waals surface area contributed by atoms with Gasteiger partial charge in [0.15, 0.2) is 0 Å². The Morgan fingerprint density at radius 1 is 1.33 bits per heavy atom. The molecule has 2 N–H and O–H groups in total. The Morgan fingerprint density at radius 2 is 1.83 bits per heavy atom. The third-order valence-electron chi connectivity index (χ3n) is 1.91. The van der Waals surface area contributed by atoms with E-state index in [0.29, 0.717) is 5.92 Å². The van der Waals surface area contributed by atoms with E-state index in [4.69, 9.17) is 5.11 Å². The lowest BCUT2D eigenvalue weighted by atomic mass is 10.1. The monoisotopic (exact) mass is 181 g/mol. The van der Waals surface area contributed by atoms with Crippen LogP contribution in [-0.4, -0.2) is 30.2 Å². The summed E-state index contributed by atoms with van der Waals surface area (Å²) in [7, 11) is 0. The first-order valence-electron chi connectivity index (χ1n) is 4.11.